The first kappa shape index (κ1) is 15.1. The largest absolute Gasteiger partial charge is 0.324 e. The Hall–Kier alpha value is -0.930. The van der Waals surface area contributed by atoms with Gasteiger partial charge in [0.15, 0.2) is 0 Å². The Morgan fingerprint density at radius 1 is 1.44 bits per heavy atom. The third-order valence-corrected chi connectivity index (χ3v) is 2.26. The van der Waals surface area contributed by atoms with Crippen LogP contribution in [0.3, 0.4) is 0 Å². The van der Waals surface area contributed by atoms with Gasteiger partial charge in [-0.2, -0.15) is 0 Å². The summed E-state index contributed by atoms with van der Waals surface area (Å²) in [4.78, 5) is 0. The average Bonchev–Trinajstić information content (AvgIpc) is 2.11. The van der Waals surface area contributed by atoms with Gasteiger partial charge in [-0.3, -0.25) is 0 Å². The summed E-state index contributed by atoms with van der Waals surface area (Å²) < 4.78 is 27.0. The first-order valence-corrected chi connectivity index (χ1v) is 4.78. The van der Waals surface area contributed by atoms with Crippen LogP contribution in [0.1, 0.15) is 30.5 Å². The van der Waals surface area contributed by atoms with Crippen LogP contribution in [0.5, 0.6) is 0 Å². The Labute approximate surface area is 101 Å². The molecule has 0 radical (unpaired) electrons. The molecule has 2 N–H and O–H groups in total. The molecular weight excluding hydrogens is 232 g/mol. The molecule has 0 unspecified atom stereocenters. The van der Waals surface area contributed by atoms with E-state index in [2.05, 4.69) is 6.58 Å². The molecule has 90 valence electrons. The summed E-state index contributed by atoms with van der Waals surface area (Å²) in [5, 5.41) is 0. The molecule has 1 atom stereocenters. The lowest BCUT2D eigenvalue weighted by Gasteiger charge is -2.14. The predicted molar refractivity (Wildman–Crippen MR) is 64.7 cm³/mol. The van der Waals surface area contributed by atoms with E-state index in [1.807, 2.05) is 0 Å². The normalized spacial score (nSPS) is 11.8. The van der Waals surface area contributed by atoms with E-state index >= 15 is 0 Å². The van der Waals surface area contributed by atoms with Gasteiger partial charge in [0.1, 0.15) is 11.6 Å². The average molecular weight is 248 g/mol. The summed E-state index contributed by atoms with van der Waals surface area (Å²) in [6.07, 6.45) is 0.386. The van der Waals surface area contributed by atoms with E-state index in [-0.39, 0.29) is 18.0 Å². The molecule has 0 aromatic heterocycles. The smallest absolute Gasteiger partial charge is 0.133 e. The number of benzene rings is 1. The van der Waals surface area contributed by atoms with Gasteiger partial charge in [0.2, 0.25) is 0 Å². The number of aryl methyl sites for hydroxylation is 1. The lowest BCUT2D eigenvalue weighted by Crippen LogP contribution is -2.15. The highest BCUT2D eigenvalue weighted by Gasteiger charge is 2.18. The number of hydrogen-bond acceptors (Lipinski definition) is 1. The van der Waals surface area contributed by atoms with Gasteiger partial charge in [-0.1, -0.05) is 11.6 Å². The molecule has 0 fully saturated rings. The first-order valence-electron chi connectivity index (χ1n) is 4.78. The lowest BCUT2D eigenvalue weighted by molar-refractivity contribution is 0.519. The third kappa shape index (κ3) is 3.29. The molecule has 0 spiro atoms. The van der Waals surface area contributed by atoms with Gasteiger partial charge >= 0.3 is 0 Å². The van der Waals surface area contributed by atoms with Crippen molar-refractivity contribution in [2.75, 3.05) is 0 Å². The summed E-state index contributed by atoms with van der Waals surface area (Å²) in [5.41, 5.74) is 6.90. The Morgan fingerprint density at radius 3 is 2.50 bits per heavy atom. The van der Waals surface area contributed by atoms with E-state index in [0.717, 1.165) is 5.57 Å². The molecule has 16 heavy (non-hydrogen) atoms. The highest BCUT2D eigenvalue weighted by atomic mass is 35.5. The number of halogens is 3. The minimum atomic E-state index is -0.664. The van der Waals surface area contributed by atoms with Gasteiger partial charge in [0, 0.05) is 11.6 Å². The maximum absolute atomic E-state index is 13.6. The second kappa shape index (κ2) is 5.97. The van der Waals surface area contributed by atoms with Crippen LogP contribution in [0.4, 0.5) is 8.78 Å². The minimum Gasteiger partial charge on any atom is -0.324 e. The van der Waals surface area contributed by atoms with Crippen LogP contribution in [-0.2, 0) is 0 Å². The molecule has 4 heteroatoms. The fourth-order valence-electron chi connectivity index (χ4n) is 1.50. The summed E-state index contributed by atoms with van der Waals surface area (Å²) >= 11 is 0. The van der Waals surface area contributed by atoms with Crippen molar-refractivity contribution in [1.29, 1.82) is 0 Å². The highest BCUT2D eigenvalue weighted by Crippen LogP contribution is 2.25. The number of nitrogens with two attached hydrogens (primary N) is 1. The fraction of sp³-hybridized carbons (Fsp3) is 0.333. The first-order chi connectivity index (χ1) is 6.93. The Morgan fingerprint density at radius 2 is 2.00 bits per heavy atom. The minimum absolute atomic E-state index is 0. The van der Waals surface area contributed by atoms with Crippen molar-refractivity contribution in [3.05, 3.63) is 47.0 Å². The van der Waals surface area contributed by atoms with Crippen LogP contribution >= 0.6 is 12.4 Å². The molecule has 0 saturated heterocycles. The molecule has 0 aliphatic carbocycles. The van der Waals surface area contributed by atoms with Crippen LogP contribution < -0.4 is 5.73 Å². The third-order valence-electron chi connectivity index (χ3n) is 2.26. The number of hydrogen-bond donors (Lipinski definition) is 1. The monoisotopic (exact) mass is 247 g/mol. The zero-order chi connectivity index (χ0) is 11.6. The molecule has 1 aromatic rings. The number of rotatable bonds is 3. The van der Waals surface area contributed by atoms with Gasteiger partial charge in [-0.05, 0) is 31.9 Å². The van der Waals surface area contributed by atoms with Crippen molar-refractivity contribution >= 4 is 12.4 Å². The highest BCUT2D eigenvalue weighted by molar-refractivity contribution is 5.85. The topological polar surface area (TPSA) is 26.0 Å². The zero-order valence-electron chi connectivity index (χ0n) is 9.39. The van der Waals surface area contributed by atoms with Crippen LogP contribution in [0.25, 0.3) is 0 Å². The van der Waals surface area contributed by atoms with Crippen LogP contribution in [0, 0.1) is 18.6 Å². The Kier molecular flexibility index (Phi) is 5.62. The van der Waals surface area contributed by atoms with Crippen molar-refractivity contribution in [3.8, 4) is 0 Å². The molecular formula is C12H16ClF2N. The summed E-state index contributed by atoms with van der Waals surface area (Å²) in [6.45, 7) is 7.05. The van der Waals surface area contributed by atoms with Crippen LogP contribution in [0.2, 0.25) is 0 Å². The molecule has 1 rings (SSSR count). The van der Waals surface area contributed by atoms with Gasteiger partial charge in [-0.25, -0.2) is 8.78 Å². The van der Waals surface area contributed by atoms with Crippen LogP contribution in [0.15, 0.2) is 24.3 Å². The van der Waals surface area contributed by atoms with Gasteiger partial charge in [0.05, 0.1) is 0 Å². The summed E-state index contributed by atoms with van der Waals surface area (Å²) in [5.74, 6) is -1.14. The van der Waals surface area contributed by atoms with Crippen molar-refractivity contribution in [1.82, 2.24) is 0 Å². The molecule has 0 saturated carbocycles. The summed E-state index contributed by atoms with van der Waals surface area (Å²) in [7, 11) is 0. The Bertz CT molecular complexity index is 391. The molecule has 1 nitrogen and oxygen atoms in total. The molecule has 0 bridgehead atoms. The van der Waals surface area contributed by atoms with Crippen molar-refractivity contribution in [3.63, 3.8) is 0 Å². The molecule has 0 aliphatic heterocycles. The molecule has 0 heterocycles. The molecule has 0 aliphatic rings. The van der Waals surface area contributed by atoms with E-state index < -0.39 is 17.7 Å². The predicted octanol–water partition coefficient (Wildman–Crippen LogP) is 3.66. The Balaban J connectivity index is 0.00000225. The van der Waals surface area contributed by atoms with E-state index in [4.69, 9.17) is 5.73 Å². The van der Waals surface area contributed by atoms with E-state index in [1.54, 1.807) is 13.8 Å². The van der Waals surface area contributed by atoms with Crippen molar-refractivity contribution in [2.45, 2.75) is 26.3 Å². The van der Waals surface area contributed by atoms with E-state index in [9.17, 15) is 8.78 Å². The van der Waals surface area contributed by atoms with Gasteiger partial charge < -0.3 is 5.73 Å². The quantitative estimate of drug-likeness (QED) is 0.811. The maximum atomic E-state index is 13.6. The zero-order valence-corrected chi connectivity index (χ0v) is 10.2. The molecule has 1 aromatic carbocycles. The second-order valence-electron chi connectivity index (χ2n) is 3.86. The van der Waals surface area contributed by atoms with Gasteiger partial charge in [0.25, 0.3) is 0 Å². The SMILES string of the molecule is C=C(C)C[C@@H](N)c1c(F)ccc(C)c1F.Cl. The maximum Gasteiger partial charge on any atom is 0.133 e. The fourth-order valence-corrected chi connectivity index (χ4v) is 1.50. The van der Waals surface area contributed by atoms with Crippen molar-refractivity contribution < 1.29 is 8.78 Å². The molecule has 0 amide bonds. The summed E-state index contributed by atoms with van der Waals surface area (Å²) in [6, 6.07) is 1.98. The van der Waals surface area contributed by atoms with Crippen LogP contribution in [-0.4, -0.2) is 0 Å². The standard InChI is InChI=1S/C12H15F2N.ClH/c1-7(2)6-10(15)11-9(13)5-4-8(3)12(11)14;/h4-5,10H,1,6,15H2,2-3H3;1H/t10-;/m1./s1. The second-order valence-corrected chi connectivity index (χ2v) is 3.86. The van der Waals surface area contributed by atoms with Crippen molar-refractivity contribution in [2.24, 2.45) is 5.73 Å². The van der Waals surface area contributed by atoms with E-state index in [0.29, 0.717) is 12.0 Å². The lowest BCUT2D eigenvalue weighted by atomic mass is 9.98. The van der Waals surface area contributed by atoms with Gasteiger partial charge in [-0.15, -0.1) is 19.0 Å². The van der Waals surface area contributed by atoms with E-state index in [1.165, 1.54) is 12.1 Å².